The number of aryl methyl sites for hydroxylation is 1. The quantitative estimate of drug-likeness (QED) is 0.520. The molecule has 0 saturated carbocycles. The molecule has 1 atom stereocenters. The summed E-state index contributed by atoms with van der Waals surface area (Å²) in [5.74, 6) is 0.526. The number of nitrogen functional groups attached to an aromatic ring is 1. The highest BCUT2D eigenvalue weighted by Gasteiger charge is 2.14. The van der Waals surface area contributed by atoms with Crippen molar-refractivity contribution < 1.29 is 4.74 Å². The van der Waals surface area contributed by atoms with Crippen LogP contribution < -0.4 is 11.1 Å². The topological polar surface area (TPSA) is 96.9 Å². The van der Waals surface area contributed by atoms with Gasteiger partial charge in [-0.2, -0.15) is 5.10 Å². The summed E-state index contributed by atoms with van der Waals surface area (Å²) in [4.78, 5) is 0. The van der Waals surface area contributed by atoms with Crippen molar-refractivity contribution >= 4 is 11.7 Å². The van der Waals surface area contributed by atoms with Gasteiger partial charge in [0.1, 0.15) is 5.84 Å². The zero-order valence-corrected chi connectivity index (χ0v) is 10.7. The molecule has 0 fully saturated rings. The second kappa shape index (κ2) is 5.58. The van der Waals surface area contributed by atoms with Crippen LogP contribution in [-0.2, 0) is 4.74 Å². The second-order valence-corrected chi connectivity index (χ2v) is 3.97. The zero-order chi connectivity index (χ0) is 13.0. The molecular weight excluding hydrogens is 218 g/mol. The minimum Gasteiger partial charge on any atom is -0.384 e. The van der Waals surface area contributed by atoms with E-state index in [4.69, 9.17) is 15.9 Å². The number of hydrogen-bond acceptors (Lipinski definition) is 5. The van der Waals surface area contributed by atoms with Crippen LogP contribution in [0.3, 0.4) is 0 Å². The first kappa shape index (κ1) is 13.4. The monoisotopic (exact) mass is 237 g/mol. The first-order valence-corrected chi connectivity index (χ1v) is 5.42. The van der Waals surface area contributed by atoms with Crippen LogP contribution in [0.5, 0.6) is 0 Å². The van der Waals surface area contributed by atoms with E-state index in [-0.39, 0.29) is 11.9 Å². The molecule has 0 saturated heterocycles. The molecule has 0 amide bonds. The zero-order valence-electron chi connectivity index (χ0n) is 10.7. The molecule has 0 aliphatic heterocycles. The predicted molar refractivity (Wildman–Crippen MR) is 67.5 cm³/mol. The van der Waals surface area contributed by atoms with Crippen LogP contribution >= 0.6 is 0 Å². The van der Waals surface area contributed by atoms with Gasteiger partial charge in [-0.15, -0.1) is 5.10 Å². The van der Waals surface area contributed by atoms with Gasteiger partial charge in [0.25, 0.3) is 0 Å². The van der Waals surface area contributed by atoms with Gasteiger partial charge < -0.3 is 15.8 Å². The molecule has 0 radical (unpaired) electrons. The van der Waals surface area contributed by atoms with E-state index in [1.54, 1.807) is 7.11 Å². The molecule has 1 unspecified atom stereocenters. The second-order valence-electron chi connectivity index (χ2n) is 3.97. The van der Waals surface area contributed by atoms with Gasteiger partial charge in [0.2, 0.25) is 0 Å². The third kappa shape index (κ3) is 3.13. The number of nitrogens with zero attached hydrogens (tertiary/aromatic N) is 2. The highest BCUT2D eigenvalue weighted by molar-refractivity contribution is 6.00. The molecule has 6 heteroatoms. The summed E-state index contributed by atoms with van der Waals surface area (Å²) in [5, 5.41) is 18.7. The van der Waals surface area contributed by atoms with E-state index in [1.165, 1.54) is 0 Å². The van der Waals surface area contributed by atoms with Gasteiger partial charge in [-0.1, -0.05) is 0 Å². The van der Waals surface area contributed by atoms with E-state index in [0.717, 1.165) is 11.3 Å². The van der Waals surface area contributed by atoms with Crippen LogP contribution in [0.1, 0.15) is 23.7 Å². The van der Waals surface area contributed by atoms with E-state index in [2.05, 4.69) is 15.5 Å². The molecule has 1 aromatic heterocycles. The molecule has 1 heterocycles. The number of amidine groups is 1. The Morgan fingerprint density at radius 3 is 2.65 bits per heavy atom. The maximum absolute atomic E-state index is 7.58. The van der Waals surface area contributed by atoms with Gasteiger partial charge in [0.05, 0.1) is 17.4 Å². The summed E-state index contributed by atoms with van der Waals surface area (Å²) < 4.78 is 5.13. The van der Waals surface area contributed by atoms with Crippen molar-refractivity contribution in [3.63, 3.8) is 0 Å². The standard InChI is InChI=1S/C11H19N5O/c1-6(17-4)5-14-11-9(10(12)13)7(2)8(3)15-16-11/h6H,5H2,1-4H3,(H3,12,13)(H,14,16). The number of ether oxygens (including phenoxy) is 1. The van der Waals surface area contributed by atoms with Crippen molar-refractivity contribution in [1.82, 2.24) is 10.2 Å². The van der Waals surface area contributed by atoms with E-state index in [1.807, 2.05) is 20.8 Å². The molecule has 94 valence electrons. The Morgan fingerprint density at radius 1 is 1.47 bits per heavy atom. The maximum Gasteiger partial charge on any atom is 0.160 e. The number of anilines is 1. The average Bonchev–Trinajstić information content (AvgIpc) is 2.29. The lowest BCUT2D eigenvalue weighted by Crippen LogP contribution is -2.23. The third-order valence-electron chi connectivity index (χ3n) is 2.68. The summed E-state index contributed by atoms with van der Waals surface area (Å²) in [6.45, 7) is 6.25. The van der Waals surface area contributed by atoms with Gasteiger partial charge in [0.15, 0.2) is 5.82 Å². The highest BCUT2D eigenvalue weighted by Crippen LogP contribution is 2.17. The van der Waals surface area contributed by atoms with E-state index in [9.17, 15) is 0 Å². The Kier molecular flexibility index (Phi) is 4.39. The predicted octanol–water partition coefficient (Wildman–Crippen LogP) is 0.824. The summed E-state index contributed by atoms with van der Waals surface area (Å²) in [7, 11) is 1.64. The largest absolute Gasteiger partial charge is 0.384 e. The summed E-state index contributed by atoms with van der Waals surface area (Å²) in [6, 6.07) is 0. The van der Waals surface area contributed by atoms with Crippen molar-refractivity contribution in [2.75, 3.05) is 19.0 Å². The molecule has 6 nitrogen and oxygen atoms in total. The Balaban J connectivity index is 2.99. The Bertz CT molecular complexity index is 419. The Labute approximate surface area is 101 Å². The number of rotatable bonds is 5. The van der Waals surface area contributed by atoms with Crippen LogP contribution in [-0.4, -0.2) is 35.8 Å². The molecule has 0 aliphatic carbocycles. The van der Waals surface area contributed by atoms with Crippen molar-refractivity contribution in [1.29, 1.82) is 5.41 Å². The van der Waals surface area contributed by atoms with Crippen molar-refractivity contribution in [3.8, 4) is 0 Å². The summed E-state index contributed by atoms with van der Waals surface area (Å²) >= 11 is 0. The number of hydrogen-bond donors (Lipinski definition) is 3. The van der Waals surface area contributed by atoms with Crippen LogP contribution in [0.25, 0.3) is 0 Å². The maximum atomic E-state index is 7.58. The molecule has 0 aromatic carbocycles. The summed E-state index contributed by atoms with van der Waals surface area (Å²) in [5.41, 5.74) is 7.83. The lowest BCUT2D eigenvalue weighted by Gasteiger charge is -2.15. The van der Waals surface area contributed by atoms with E-state index in [0.29, 0.717) is 17.9 Å². The average molecular weight is 237 g/mol. The minimum absolute atomic E-state index is 0.00642. The van der Waals surface area contributed by atoms with Crippen LogP contribution in [0.15, 0.2) is 0 Å². The van der Waals surface area contributed by atoms with Gasteiger partial charge in [-0.25, -0.2) is 0 Å². The van der Waals surface area contributed by atoms with Crippen molar-refractivity contribution in [2.24, 2.45) is 5.73 Å². The first-order valence-electron chi connectivity index (χ1n) is 5.42. The lowest BCUT2D eigenvalue weighted by atomic mass is 10.1. The lowest BCUT2D eigenvalue weighted by molar-refractivity contribution is 0.128. The fraction of sp³-hybridized carbons (Fsp3) is 0.545. The van der Waals surface area contributed by atoms with Crippen LogP contribution in [0.4, 0.5) is 5.82 Å². The SMILES string of the molecule is COC(C)CNc1nnc(C)c(C)c1C(=N)N. The van der Waals surface area contributed by atoms with Crippen LogP contribution in [0, 0.1) is 19.3 Å². The molecular formula is C11H19N5O. The first-order chi connectivity index (χ1) is 7.97. The Hall–Kier alpha value is -1.69. The van der Waals surface area contributed by atoms with E-state index >= 15 is 0 Å². The molecule has 1 aromatic rings. The van der Waals surface area contributed by atoms with Crippen molar-refractivity contribution in [3.05, 3.63) is 16.8 Å². The number of nitrogens with two attached hydrogens (primary N) is 1. The highest BCUT2D eigenvalue weighted by atomic mass is 16.5. The number of methoxy groups -OCH3 is 1. The smallest absolute Gasteiger partial charge is 0.160 e. The molecule has 0 spiro atoms. The van der Waals surface area contributed by atoms with Crippen molar-refractivity contribution in [2.45, 2.75) is 26.9 Å². The molecule has 1 rings (SSSR count). The van der Waals surface area contributed by atoms with Crippen LogP contribution in [0.2, 0.25) is 0 Å². The molecule has 4 N–H and O–H groups in total. The fourth-order valence-electron chi connectivity index (χ4n) is 1.39. The minimum atomic E-state index is -0.00642. The van der Waals surface area contributed by atoms with Gasteiger partial charge in [-0.3, -0.25) is 5.41 Å². The number of nitrogens with one attached hydrogen (secondary N) is 2. The van der Waals surface area contributed by atoms with E-state index < -0.39 is 0 Å². The number of aromatic nitrogens is 2. The fourth-order valence-corrected chi connectivity index (χ4v) is 1.39. The molecule has 0 aliphatic rings. The summed E-state index contributed by atoms with van der Waals surface area (Å²) in [6.07, 6.45) is 0.0539. The third-order valence-corrected chi connectivity index (χ3v) is 2.68. The molecule has 17 heavy (non-hydrogen) atoms. The van der Waals surface area contributed by atoms with Gasteiger partial charge in [-0.05, 0) is 26.3 Å². The normalized spacial score (nSPS) is 12.2. The molecule has 0 bridgehead atoms. The Morgan fingerprint density at radius 2 is 2.12 bits per heavy atom. The van der Waals surface area contributed by atoms with Gasteiger partial charge in [0, 0.05) is 13.7 Å². The van der Waals surface area contributed by atoms with Gasteiger partial charge >= 0.3 is 0 Å².